The topological polar surface area (TPSA) is 81.8 Å². The third kappa shape index (κ3) is 4.56. The second kappa shape index (κ2) is 9.05. The molecule has 1 aromatic carbocycles. The van der Waals surface area contributed by atoms with Crippen LogP contribution in [0.2, 0.25) is 0 Å². The van der Waals surface area contributed by atoms with Crippen LogP contribution in [0.15, 0.2) is 30.5 Å². The van der Waals surface area contributed by atoms with Crippen molar-refractivity contribution in [1.82, 2.24) is 24.9 Å². The molecule has 0 aliphatic carbocycles. The van der Waals surface area contributed by atoms with E-state index in [0.29, 0.717) is 51.1 Å². The Morgan fingerprint density at radius 1 is 1.13 bits per heavy atom. The molecule has 3 heterocycles. The lowest BCUT2D eigenvalue weighted by Gasteiger charge is -2.42. The van der Waals surface area contributed by atoms with Gasteiger partial charge >= 0.3 is 0 Å². The number of halogens is 1. The molecule has 166 valence electrons. The predicted molar refractivity (Wildman–Crippen MR) is 112 cm³/mol. The third-order valence-corrected chi connectivity index (χ3v) is 6.16. The zero-order valence-electron chi connectivity index (χ0n) is 17.9. The van der Waals surface area contributed by atoms with Gasteiger partial charge in [-0.15, -0.1) is 0 Å². The molecule has 8 nitrogen and oxygen atoms in total. The fraction of sp³-hybridized carbons (Fsp3) is 0.500. The Hall–Kier alpha value is -2.94. The molecule has 9 heteroatoms. The van der Waals surface area contributed by atoms with Gasteiger partial charge in [-0.3, -0.25) is 19.6 Å². The van der Waals surface area contributed by atoms with E-state index in [0.717, 1.165) is 5.69 Å². The van der Waals surface area contributed by atoms with Gasteiger partial charge in [-0.05, 0) is 26.1 Å². The van der Waals surface area contributed by atoms with Crippen molar-refractivity contribution in [3.05, 3.63) is 47.5 Å². The SMILES string of the molecule is Cc1[nH]ncc1C(=O)N1CCN(C)[C@H](C(=O)N2CCC(Oc3ccccc3F)CC2)C1. The lowest BCUT2D eigenvalue weighted by Crippen LogP contribution is -2.60. The molecule has 0 unspecified atom stereocenters. The summed E-state index contributed by atoms with van der Waals surface area (Å²) in [4.78, 5) is 31.7. The number of piperazine rings is 1. The molecule has 2 fully saturated rings. The predicted octanol–water partition coefficient (Wildman–Crippen LogP) is 1.68. The van der Waals surface area contributed by atoms with Gasteiger partial charge in [0.2, 0.25) is 5.91 Å². The van der Waals surface area contributed by atoms with Crippen LogP contribution in [0.1, 0.15) is 28.9 Å². The number of para-hydroxylation sites is 1. The van der Waals surface area contributed by atoms with Gasteiger partial charge in [0.25, 0.3) is 5.91 Å². The molecule has 1 N–H and O–H groups in total. The van der Waals surface area contributed by atoms with Gasteiger partial charge in [0.15, 0.2) is 11.6 Å². The minimum atomic E-state index is -0.381. The first-order valence-electron chi connectivity index (χ1n) is 10.6. The van der Waals surface area contributed by atoms with Gasteiger partial charge in [-0.2, -0.15) is 5.10 Å². The quantitative estimate of drug-likeness (QED) is 0.800. The number of rotatable bonds is 4. The number of carbonyl (C=O) groups is 2. The Morgan fingerprint density at radius 2 is 1.87 bits per heavy atom. The Bertz CT molecular complexity index is 941. The lowest BCUT2D eigenvalue weighted by molar-refractivity contribution is -0.140. The van der Waals surface area contributed by atoms with Crippen molar-refractivity contribution >= 4 is 11.8 Å². The highest BCUT2D eigenvalue weighted by molar-refractivity contribution is 5.95. The van der Waals surface area contributed by atoms with Crippen LogP contribution < -0.4 is 4.74 Å². The molecule has 0 spiro atoms. The molecular formula is C22H28FN5O3. The number of piperidine rings is 1. The Kier molecular flexibility index (Phi) is 6.22. The highest BCUT2D eigenvalue weighted by Gasteiger charge is 2.36. The molecule has 2 saturated heterocycles. The van der Waals surface area contributed by atoms with E-state index in [2.05, 4.69) is 10.2 Å². The summed E-state index contributed by atoms with van der Waals surface area (Å²) < 4.78 is 19.6. The van der Waals surface area contributed by atoms with Crippen LogP contribution in [0.4, 0.5) is 4.39 Å². The minimum absolute atomic E-state index is 0.0215. The summed E-state index contributed by atoms with van der Waals surface area (Å²) in [6.45, 7) is 4.47. The van der Waals surface area contributed by atoms with Crippen LogP contribution in [0, 0.1) is 12.7 Å². The lowest BCUT2D eigenvalue weighted by atomic mass is 10.0. The van der Waals surface area contributed by atoms with Crippen molar-refractivity contribution in [2.45, 2.75) is 31.9 Å². The van der Waals surface area contributed by atoms with Crippen LogP contribution in [0.25, 0.3) is 0 Å². The molecule has 0 bridgehead atoms. The standard InChI is InChI=1S/C22H28FN5O3/c1-15-17(13-24-25-15)21(29)28-12-11-26(2)19(14-28)22(30)27-9-7-16(8-10-27)31-20-6-4-3-5-18(20)23/h3-6,13,16,19H,7-12,14H2,1-2H3,(H,24,25)/t19-/m0/s1. The van der Waals surface area contributed by atoms with E-state index < -0.39 is 0 Å². The summed E-state index contributed by atoms with van der Waals surface area (Å²) in [6, 6.07) is 6.00. The molecule has 2 aromatic rings. The van der Waals surface area contributed by atoms with E-state index in [4.69, 9.17) is 4.74 Å². The van der Waals surface area contributed by atoms with Crippen LogP contribution in [0.3, 0.4) is 0 Å². The summed E-state index contributed by atoms with van der Waals surface area (Å²) in [5.74, 6) is -0.201. The van der Waals surface area contributed by atoms with E-state index >= 15 is 0 Å². The summed E-state index contributed by atoms with van der Waals surface area (Å²) in [5, 5.41) is 6.72. The molecule has 0 radical (unpaired) electrons. The second-order valence-electron chi connectivity index (χ2n) is 8.23. The minimum Gasteiger partial charge on any atom is -0.487 e. The van der Waals surface area contributed by atoms with Gasteiger partial charge in [0.05, 0.1) is 11.8 Å². The van der Waals surface area contributed by atoms with Gasteiger partial charge in [0.1, 0.15) is 12.1 Å². The van der Waals surface area contributed by atoms with Crippen molar-refractivity contribution in [1.29, 1.82) is 0 Å². The van der Waals surface area contributed by atoms with E-state index in [-0.39, 0.29) is 35.5 Å². The normalized spacial score (nSPS) is 20.7. The molecule has 2 aliphatic rings. The van der Waals surface area contributed by atoms with Crippen molar-refractivity contribution in [2.75, 3.05) is 39.8 Å². The van der Waals surface area contributed by atoms with E-state index in [1.54, 1.807) is 23.1 Å². The van der Waals surface area contributed by atoms with Gasteiger partial charge in [-0.1, -0.05) is 12.1 Å². The zero-order valence-corrected chi connectivity index (χ0v) is 17.9. The van der Waals surface area contributed by atoms with Crippen molar-refractivity contribution in [3.8, 4) is 5.75 Å². The number of aryl methyl sites for hydroxylation is 1. The molecule has 31 heavy (non-hydrogen) atoms. The molecule has 2 aliphatic heterocycles. The fourth-order valence-corrected chi connectivity index (χ4v) is 4.19. The van der Waals surface area contributed by atoms with Crippen molar-refractivity contribution in [3.63, 3.8) is 0 Å². The number of likely N-dealkylation sites (N-methyl/N-ethyl adjacent to an activating group) is 1. The van der Waals surface area contributed by atoms with Crippen LogP contribution in [0.5, 0.6) is 5.75 Å². The van der Waals surface area contributed by atoms with Crippen LogP contribution in [-0.2, 0) is 4.79 Å². The monoisotopic (exact) mass is 429 g/mol. The number of hydrogen-bond acceptors (Lipinski definition) is 5. The number of nitrogens with one attached hydrogen (secondary N) is 1. The number of likely N-dealkylation sites (tertiary alicyclic amines) is 1. The number of aromatic amines is 1. The third-order valence-electron chi connectivity index (χ3n) is 6.16. The second-order valence-corrected chi connectivity index (χ2v) is 8.23. The molecular weight excluding hydrogens is 401 g/mol. The van der Waals surface area contributed by atoms with Gasteiger partial charge < -0.3 is 14.5 Å². The first kappa shape index (κ1) is 21.3. The molecule has 1 atom stereocenters. The summed E-state index contributed by atoms with van der Waals surface area (Å²) in [6.07, 6.45) is 2.71. The Balaban J connectivity index is 1.35. The van der Waals surface area contributed by atoms with Crippen molar-refractivity contribution < 1.29 is 18.7 Å². The number of carbonyl (C=O) groups excluding carboxylic acids is 2. The van der Waals surface area contributed by atoms with Crippen molar-refractivity contribution in [2.24, 2.45) is 0 Å². The molecule has 1 aromatic heterocycles. The summed E-state index contributed by atoms with van der Waals surface area (Å²) in [7, 11) is 1.92. The largest absolute Gasteiger partial charge is 0.487 e. The smallest absolute Gasteiger partial charge is 0.257 e. The zero-order chi connectivity index (χ0) is 22.0. The fourth-order valence-electron chi connectivity index (χ4n) is 4.19. The van der Waals surface area contributed by atoms with E-state index in [9.17, 15) is 14.0 Å². The molecule has 2 amide bonds. The maximum atomic E-state index is 13.8. The van der Waals surface area contributed by atoms with Crippen LogP contribution in [-0.4, -0.2) is 88.6 Å². The summed E-state index contributed by atoms with van der Waals surface area (Å²) >= 11 is 0. The summed E-state index contributed by atoms with van der Waals surface area (Å²) in [5.41, 5.74) is 1.27. The molecule has 0 saturated carbocycles. The number of benzene rings is 1. The maximum absolute atomic E-state index is 13.8. The number of ether oxygens (including phenoxy) is 1. The highest BCUT2D eigenvalue weighted by Crippen LogP contribution is 2.23. The van der Waals surface area contributed by atoms with E-state index in [1.165, 1.54) is 12.3 Å². The number of aromatic nitrogens is 2. The first-order chi connectivity index (χ1) is 14.9. The average Bonchev–Trinajstić information content (AvgIpc) is 3.21. The van der Waals surface area contributed by atoms with Gasteiger partial charge in [-0.25, -0.2) is 4.39 Å². The number of amides is 2. The van der Waals surface area contributed by atoms with Crippen LogP contribution >= 0.6 is 0 Å². The first-order valence-corrected chi connectivity index (χ1v) is 10.6. The highest BCUT2D eigenvalue weighted by atomic mass is 19.1. The Labute approximate surface area is 180 Å². The maximum Gasteiger partial charge on any atom is 0.257 e. The number of hydrogen-bond donors (Lipinski definition) is 1. The molecule has 4 rings (SSSR count). The van der Waals surface area contributed by atoms with Gasteiger partial charge in [0, 0.05) is 51.3 Å². The van der Waals surface area contributed by atoms with E-state index in [1.807, 2.05) is 23.8 Å². The Morgan fingerprint density at radius 3 is 2.55 bits per heavy atom. The average molecular weight is 429 g/mol. The number of nitrogens with zero attached hydrogens (tertiary/aromatic N) is 4. The number of H-pyrrole nitrogens is 1.